The Bertz CT molecular complexity index is 306. The van der Waals surface area contributed by atoms with E-state index in [1.54, 1.807) is 0 Å². The van der Waals surface area contributed by atoms with E-state index in [9.17, 15) is 0 Å². The van der Waals surface area contributed by atoms with E-state index < -0.39 is 0 Å². The van der Waals surface area contributed by atoms with E-state index in [2.05, 4.69) is 55.1 Å². The standard InChI is InChI=1S/C14H27N3/c1-5-13(4)17-10-9-14(16-17)8-7-12(3)11-15-6-2/h9-10,12-13,15H,5-8,11H2,1-4H3. The highest BCUT2D eigenvalue weighted by Crippen LogP contribution is 2.12. The highest BCUT2D eigenvalue weighted by atomic mass is 15.3. The molecule has 0 fully saturated rings. The Kier molecular flexibility index (Phi) is 6.27. The molecule has 1 aromatic rings. The van der Waals surface area contributed by atoms with Gasteiger partial charge in [-0.2, -0.15) is 5.10 Å². The molecular weight excluding hydrogens is 210 g/mol. The topological polar surface area (TPSA) is 29.9 Å². The predicted molar refractivity (Wildman–Crippen MR) is 73.3 cm³/mol. The number of hydrogen-bond acceptors (Lipinski definition) is 2. The minimum absolute atomic E-state index is 0.517. The van der Waals surface area contributed by atoms with Crippen LogP contribution >= 0.6 is 0 Å². The van der Waals surface area contributed by atoms with Gasteiger partial charge in [-0.25, -0.2) is 0 Å². The van der Waals surface area contributed by atoms with Crippen molar-refractivity contribution in [3.05, 3.63) is 18.0 Å². The molecule has 17 heavy (non-hydrogen) atoms. The molecule has 0 aromatic carbocycles. The molecule has 0 amide bonds. The second-order valence-corrected chi connectivity index (χ2v) is 5.00. The van der Waals surface area contributed by atoms with Crippen LogP contribution in [-0.4, -0.2) is 22.9 Å². The average Bonchev–Trinajstić information content (AvgIpc) is 2.81. The van der Waals surface area contributed by atoms with Gasteiger partial charge in [0.1, 0.15) is 0 Å². The molecule has 1 heterocycles. The van der Waals surface area contributed by atoms with Crippen molar-refractivity contribution < 1.29 is 0 Å². The summed E-state index contributed by atoms with van der Waals surface area (Å²) in [6, 6.07) is 2.68. The molecule has 1 rings (SSSR count). The van der Waals surface area contributed by atoms with Gasteiger partial charge in [-0.3, -0.25) is 4.68 Å². The first-order valence-corrected chi connectivity index (χ1v) is 6.92. The molecule has 0 saturated heterocycles. The third-order valence-corrected chi connectivity index (χ3v) is 3.34. The summed E-state index contributed by atoms with van der Waals surface area (Å²) in [5.41, 5.74) is 1.23. The van der Waals surface area contributed by atoms with Crippen LogP contribution in [0, 0.1) is 5.92 Å². The molecular formula is C14H27N3. The van der Waals surface area contributed by atoms with E-state index >= 15 is 0 Å². The third-order valence-electron chi connectivity index (χ3n) is 3.34. The number of aryl methyl sites for hydroxylation is 1. The fourth-order valence-electron chi connectivity index (χ4n) is 1.83. The Morgan fingerprint density at radius 1 is 1.35 bits per heavy atom. The molecule has 0 aliphatic carbocycles. The zero-order chi connectivity index (χ0) is 12.7. The first-order valence-electron chi connectivity index (χ1n) is 6.92. The van der Waals surface area contributed by atoms with Crippen LogP contribution in [0.4, 0.5) is 0 Å². The fourth-order valence-corrected chi connectivity index (χ4v) is 1.83. The van der Waals surface area contributed by atoms with Crippen molar-refractivity contribution in [3.8, 4) is 0 Å². The van der Waals surface area contributed by atoms with Gasteiger partial charge < -0.3 is 5.32 Å². The lowest BCUT2D eigenvalue weighted by Gasteiger charge is -2.11. The first-order chi connectivity index (χ1) is 8.17. The smallest absolute Gasteiger partial charge is 0.0624 e. The minimum Gasteiger partial charge on any atom is -0.317 e. The van der Waals surface area contributed by atoms with E-state index in [0.29, 0.717) is 6.04 Å². The Labute approximate surface area is 106 Å². The van der Waals surface area contributed by atoms with E-state index in [-0.39, 0.29) is 0 Å². The summed E-state index contributed by atoms with van der Waals surface area (Å²) in [7, 11) is 0. The van der Waals surface area contributed by atoms with Gasteiger partial charge in [0.15, 0.2) is 0 Å². The maximum atomic E-state index is 4.63. The molecule has 0 radical (unpaired) electrons. The number of nitrogens with one attached hydrogen (secondary N) is 1. The van der Waals surface area contributed by atoms with Crippen molar-refractivity contribution in [2.75, 3.05) is 13.1 Å². The summed E-state index contributed by atoms with van der Waals surface area (Å²) in [6.07, 6.45) is 5.55. The summed E-state index contributed by atoms with van der Waals surface area (Å²) in [6.45, 7) is 11.0. The van der Waals surface area contributed by atoms with Gasteiger partial charge in [-0.05, 0) is 51.3 Å². The van der Waals surface area contributed by atoms with Gasteiger partial charge >= 0.3 is 0 Å². The second-order valence-electron chi connectivity index (χ2n) is 5.00. The third kappa shape index (κ3) is 4.90. The van der Waals surface area contributed by atoms with Crippen LogP contribution < -0.4 is 5.32 Å². The molecule has 1 N–H and O–H groups in total. The lowest BCUT2D eigenvalue weighted by atomic mass is 10.0. The van der Waals surface area contributed by atoms with Gasteiger partial charge in [-0.1, -0.05) is 20.8 Å². The number of rotatable bonds is 8. The molecule has 98 valence electrons. The van der Waals surface area contributed by atoms with E-state index in [1.807, 2.05) is 0 Å². The Morgan fingerprint density at radius 3 is 2.76 bits per heavy atom. The highest BCUT2D eigenvalue weighted by molar-refractivity contribution is 5.00. The molecule has 0 bridgehead atoms. The van der Waals surface area contributed by atoms with Crippen LogP contribution in [0.1, 0.15) is 52.3 Å². The average molecular weight is 237 g/mol. The molecule has 0 saturated carbocycles. The van der Waals surface area contributed by atoms with Crippen molar-refractivity contribution in [1.29, 1.82) is 0 Å². The van der Waals surface area contributed by atoms with Gasteiger partial charge in [0, 0.05) is 12.2 Å². The Hall–Kier alpha value is -0.830. The fraction of sp³-hybridized carbons (Fsp3) is 0.786. The second kappa shape index (κ2) is 7.49. The Balaban J connectivity index is 2.34. The van der Waals surface area contributed by atoms with Crippen LogP contribution in [-0.2, 0) is 6.42 Å². The molecule has 0 aliphatic heterocycles. The van der Waals surface area contributed by atoms with Crippen LogP contribution in [0.15, 0.2) is 12.3 Å². The summed E-state index contributed by atoms with van der Waals surface area (Å²) < 4.78 is 2.09. The lowest BCUT2D eigenvalue weighted by Crippen LogP contribution is -2.20. The van der Waals surface area contributed by atoms with Gasteiger partial charge in [-0.15, -0.1) is 0 Å². The number of aromatic nitrogens is 2. The van der Waals surface area contributed by atoms with Crippen LogP contribution in [0.25, 0.3) is 0 Å². The zero-order valence-corrected chi connectivity index (χ0v) is 11.7. The molecule has 3 heteroatoms. The summed E-state index contributed by atoms with van der Waals surface area (Å²) >= 11 is 0. The van der Waals surface area contributed by atoms with Crippen molar-refractivity contribution in [2.24, 2.45) is 5.92 Å². The molecule has 1 aromatic heterocycles. The molecule has 0 aliphatic rings. The maximum absolute atomic E-state index is 4.63. The normalized spacial score (nSPS) is 14.8. The monoisotopic (exact) mass is 237 g/mol. The summed E-state index contributed by atoms with van der Waals surface area (Å²) in [5.74, 6) is 0.726. The van der Waals surface area contributed by atoms with E-state index in [0.717, 1.165) is 31.8 Å². The SMILES string of the molecule is CCNCC(C)CCc1ccn(C(C)CC)n1. The minimum atomic E-state index is 0.517. The molecule has 3 nitrogen and oxygen atoms in total. The number of nitrogens with zero attached hydrogens (tertiary/aromatic N) is 2. The van der Waals surface area contributed by atoms with Crippen molar-refractivity contribution in [2.45, 2.75) is 53.0 Å². The van der Waals surface area contributed by atoms with Crippen molar-refractivity contribution >= 4 is 0 Å². The summed E-state index contributed by atoms with van der Waals surface area (Å²) in [4.78, 5) is 0. The van der Waals surface area contributed by atoms with E-state index in [1.165, 1.54) is 12.1 Å². The van der Waals surface area contributed by atoms with Crippen LogP contribution in [0.5, 0.6) is 0 Å². The predicted octanol–water partition coefficient (Wildman–Crippen LogP) is 3.03. The molecule has 2 atom stereocenters. The quantitative estimate of drug-likeness (QED) is 0.753. The largest absolute Gasteiger partial charge is 0.317 e. The van der Waals surface area contributed by atoms with Crippen molar-refractivity contribution in [1.82, 2.24) is 15.1 Å². The molecule has 0 spiro atoms. The van der Waals surface area contributed by atoms with Crippen LogP contribution in [0.3, 0.4) is 0 Å². The summed E-state index contributed by atoms with van der Waals surface area (Å²) in [5, 5.41) is 8.02. The van der Waals surface area contributed by atoms with Gasteiger partial charge in [0.25, 0.3) is 0 Å². The maximum Gasteiger partial charge on any atom is 0.0624 e. The van der Waals surface area contributed by atoms with Crippen molar-refractivity contribution in [3.63, 3.8) is 0 Å². The highest BCUT2D eigenvalue weighted by Gasteiger charge is 2.06. The lowest BCUT2D eigenvalue weighted by molar-refractivity contribution is 0.462. The molecule has 2 unspecified atom stereocenters. The van der Waals surface area contributed by atoms with Gasteiger partial charge in [0.2, 0.25) is 0 Å². The zero-order valence-electron chi connectivity index (χ0n) is 11.7. The van der Waals surface area contributed by atoms with Gasteiger partial charge in [0.05, 0.1) is 5.69 Å². The number of hydrogen-bond donors (Lipinski definition) is 1. The van der Waals surface area contributed by atoms with E-state index in [4.69, 9.17) is 0 Å². The first kappa shape index (κ1) is 14.2. The van der Waals surface area contributed by atoms with Crippen LogP contribution in [0.2, 0.25) is 0 Å². The Morgan fingerprint density at radius 2 is 2.12 bits per heavy atom.